The minimum absolute atomic E-state index is 0.167. The van der Waals surface area contributed by atoms with Crippen molar-refractivity contribution in [2.24, 2.45) is 0 Å². The third kappa shape index (κ3) is 662. The van der Waals surface area contributed by atoms with Crippen molar-refractivity contribution in [3.8, 4) is 0 Å². The lowest BCUT2D eigenvalue weighted by molar-refractivity contribution is -0.114. The lowest BCUT2D eigenvalue weighted by Crippen LogP contribution is -1.69. The van der Waals surface area contributed by atoms with Gasteiger partial charge >= 0.3 is 0 Å². The molecule has 0 aliphatic heterocycles. The molecule has 0 saturated heterocycles. The summed E-state index contributed by atoms with van der Waals surface area (Å²) in [5.74, 6) is 0.167. The van der Waals surface area contributed by atoms with E-state index in [-0.39, 0.29) is 5.78 Å². The Balaban J connectivity index is -0.0000000886. The zero-order chi connectivity index (χ0) is 9.70. The summed E-state index contributed by atoms with van der Waals surface area (Å²) in [4.78, 5) is 9.44. The zero-order valence-electron chi connectivity index (χ0n) is 8.43. The van der Waals surface area contributed by atoms with Gasteiger partial charge in [-0.05, 0) is 25.9 Å². The van der Waals surface area contributed by atoms with Gasteiger partial charge in [-0.25, -0.2) is 0 Å². The van der Waals surface area contributed by atoms with Crippen LogP contribution in [0.2, 0.25) is 0 Å². The van der Waals surface area contributed by atoms with Gasteiger partial charge in [0, 0.05) is 6.26 Å². The molecule has 0 radical (unpaired) electrons. The third-order valence-corrected chi connectivity index (χ3v) is 0.500. The van der Waals surface area contributed by atoms with E-state index < -0.39 is 0 Å². The van der Waals surface area contributed by atoms with Gasteiger partial charge in [0.2, 0.25) is 0 Å². The molecule has 0 aromatic rings. The molecule has 0 aliphatic rings. The lowest BCUT2D eigenvalue weighted by Gasteiger charge is -1.74. The molecule has 0 unspecified atom stereocenters. The first kappa shape index (κ1) is 17.2. The fraction of sp³-hybridized carbons (Fsp3) is 0.875. The van der Waals surface area contributed by atoms with Gasteiger partial charge in [0.1, 0.15) is 5.78 Å². The van der Waals surface area contributed by atoms with E-state index in [1.807, 2.05) is 6.26 Å². The van der Waals surface area contributed by atoms with Gasteiger partial charge in [-0.3, -0.25) is 0 Å². The largest absolute Gasteiger partial charge is 0.319 e. The van der Waals surface area contributed by atoms with E-state index in [1.165, 1.54) is 32.3 Å². The average Bonchev–Trinajstić information content (AvgIpc) is 1.88. The molecule has 0 aromatic carbocycles. The quantitative estimate of drug-likeness (QED) is 0.580. The maximum absolute atomic E-state index is 9.44. The second-order valence-electron chi connectivity index (χ2n) is 1.95. The smallest absolute Gasteiger partial charge is 0.126 e. The summed E-state index contributed by atoms with van der Waals surface area (Å²) in [7, 11) is 1.64. The highest BCUT2D eigenvalue weighted by Gasteiger charge is 1.62. The molecule has 0 spiro atoms. The van der Waals surface area contributed by atoms with Crippen molar-refractivity contribution in [1.82, 2.24) is 0 Å². The van der Waals surface area contributed by atoms with Gasteiger partial charge in [0.05, 0.1) is 7.11 Å². The van der Waals surface area contributed by atoms with Gasteiger partial charge in [-0.15, -0.1) is 0 Å². The second kappa shape index (κ2) is 22.5. The minimum atomic E-state index is 0.167. The molecule has 0 aliphatic carbocycles. The van der Waals surface area contributed by atoms with E-state index >= 15 is 0 Å². The topological polar surface area (TPSA) is 26.3 Å². The monoisotopic (exact) mass is 180 g/mol. The van der Waals surface area contributed by atoms with Crippen molar-refractivity contribution in [2.75, 3.05) is 13.4 Å². The van der Waals surface area contributed by atoms with Crippen molar-refractivity contribution in [3.63, 3.8) is 0 Å². The Hall–Kier alpha value is -0.0200. The molecule has 70 valence electrons. The highest BCUT2D eigenvalue weighted by atomic mass is 32.2. The molecule has 0 saturated carbocycles. The van der Waals surface area contributed by atoms with Crippen LogP contribution in [0.15, 0.2) is 0 Å². The van der Waals surface area contributed by atoms with E-state index in [4.69, 9.17) is 0 Å². The summed E-state index contributed by atoms with van der Waals surface area (Å²) in [5, 5.41) is 0. The predicted molar refractivity (Wildman–Crippen MR) is 52.8 cm³/mol. The second-order valence-corrected chi connectivity index (χ2v) is 2.62. The van der Waals surface area contributed by atoms with Gasteiger partial charge in [-0.2, -0.15) is 0 Å². The first-order chi connectivity index (χ1) is 5.06. The van der Waals surface area contributed by atoms with Crippen molar-refractivity contribution >= 4 is 17.8 Å². The Kier molecular flexibility index (Phi) is 35.1. The average molecular weight is 180 g/mol. The van der Waals surface area contributed by atoms with Crippen LogP contribution in [-0.2, 0) is 8.98 Å². The maximum atomic E-state index is 9.44. The number of hydrogen-bond donors (Lipinski definition) is 0. The first-order valence-electron chi connectivity index (χ1n) is 3.60. The van der Waals surface area contributed by atoms with Crippen molar-refractivity contribution in [3.05, 3.63) is 0 Å². The highest BCUT2D eigenvalue weighted by molar-refractivity contribution is 7.93. The Morgan fingerprint density at radius 3 is 1.45 bits per heavy atom. The number of carbonyl (C=O) groups is 1. The van der Waals surface area contributed by atoms with Crippen LogP contribution in [-0.4, -0.2) is 19.1 Å². The van der Waals surface area contributed by atoms with E-state index in [2.05, 4.69) is 18.0 Å². The molecule has 0 amide bonds. The summed E-state index contributed by atoms with van der Waals surface area (Å²) in [6.45, 7) is 7.31. The summed E-state index contributed by atoms with van der Waals surface area (Å²) < 4.78 is 4.46. The summed E-state index contributed by atoms with van der Waals surface area (Å²) >= 11 is 1.36. The van der Waals surface area contributed by atoms with Crippen LogP contribution in [0.3, 0.4) is 0 Å². The molecular weight excluding hydrogens is 160 g/mol. The fourth-order valence-corrected chi connectivity index (χ4v) is 0. The van der Waals surface area contributed by atoms with Gasteiger partial charge < -0.3 is 8.98 Å². The normalized spacial score (nSPS) is 6.73. The van der Waals surface area contributed by atoms with E-state index in [1.54, 1.807) is 7.11 Å². The van der Waals surface area contributed by atoms with Crippen LogP contribution in [0.1, 0.15) is 34.1 Å². The molecule has 0 aromatic heterocycles. The summed E-state index contributed by atoms with van der Waals surface area (Å²) in [6.07, 6.45) is 3.12. The zero-order valence-corrected chi connectivity index (χ0v) is 9.25. The maximum Gasteiger partial charge on any atom is 0.126 e. The van der Waals surface area contributed by atoms with Crippen molar-refractivity contribution in [2.45, 2.75) is 34.1 Å². The standard InChI is InChI=1S/C3H6O.C3H8.C2H6OS/c1-3(2)4;1-3-2;1-3-4-2/h1-2H3;3H2,1-2H3;1-2H3. The van der Waals surface area contributed by atoms with E-state index in [0.717, 1.165) is 0 Å². The first-order valence-corrected chi connectivity index (χ1v) is 4.75. The fourth-order valence-electron chi connectivity index (χ4n) is 0. The number of rotatable bonds is 1. The molecule has 0 atom stereocenters. The SMILES string of the molecule is CC(C)=O.CCC.COSC. The highest BCUT2D eigenvalue weighted by Crippen LogP contribution is 1.84. The van der Waals surface area contributed by atoms with Crippen LogP contribution in [0.4, 0.5) is 0 Å². The number of Topliss-reactive ketones (excluding diaryl/α,β-unsaturated/α-hetero) is 1. The Morgan fingerprint density at radius 2 is 1.45 bits per heavy atom. The predicted octanol–water partition coefficient (Wildman–Crippen LogP) is 2.92. The Morgan fingerprint density at radius 1 is 1.36 bits per heavy atom. The molecule has 0 fully saturated rings. The van der Waals surface area contributed by atoms with Crippen LogP contribution in [0.25, 0.3) is 0 Å². The molecule has 11 heavy (non-hydrogen) atoms. The molecule has 0 rings (SSSR count). The summed E-state index contributed by atoms with van der Waals surface area (Å²) in [5.41, 5.74) is 0. The van der Waals surface area contributed by atoms with E-state index in [0.29, 0.717) is 0 Å². The van der Waals surface area contributed by atoms with Crippen LogP contribution < -0.4 is 0 Å². The molecule has 0 N–H and O–H groups in total. The third-order valence-electron chi connectivity index (χ3n) is 0.167. The van der Waals surface area contributed by atoms with Crippen LogP contribution in [0.5, 0.6) is 0 Å². The number of hydrogen-bond acceptors (Lipinski definition) is 3. The summed E-state index contributed by atoms with van der Waals surface area (Å²) in [6, 6.07) is 0. The van der Waals surface area contributed by atoms with Gasteiger partial charge in [0.15, 0.2) is 0 Å². The van der Waals surface area contributed by atoms with Crippen LogP contribution in [0, 0.1) is 0 Å². The Bertz CT molecular complexity index is 59.1. The molecular formula is C8H20O2S. The van der Waals surface area contributed by atoms with E-state index in [9.17, 15) is 4.79 Å². The number of carbonyl (C=O) groups excluding carboxylic acids is 1. The van der Waals surface area contributed by atoms with Crippen molar-refractivity contribution in [1.29, 1.82) is 0 Å². The minimum Gasteiger partial charge on any atom is -0.319 e. The molecule has 0 bridgehead atoms. The van der Waals surface area contributed by atoms with Gasteiger partial charge in [-0.1, -0.05) is 20.3 Å². The molecule has 3 heteroatoms. The molecule has 2 nitrogen and oxygen atoms in total. The number of ketones is 1. The lowest BCUT2D eigenvalue weighted by atomic mass is 10.6. The Labute approximate surface area is 74.9 Å². The van der Waals surface area contributed by atoms with Crippen LogP contribution >= 0.6 is 12.0 Å². The van der Waals surface area contributed by atoms with Gasteiger partial charge in [0.25, 0.3) is 0 Å². The van der Waals surface area contributed by atoms with Crippen molar-refractivity contribution < 1.29 is 8.98 Å². The molecule has 0 heterocycles.